The quantitative estimate of drug-likeness (QED) is 0.136. The van der Waals surface area contributed by atoms with Crippen molar-refractivity contribution in [3.05, 3.63) is 92.3 Å². The van der Waals surface area contributed by atoms with Crippen LogP contribution in [0.2, 0.25) is 10.0 Å². The monoisotopic (exact) mass is 737 g/mol. The van der Waals surface area contributed by atoms with Gasteiger partial charge in [-0.3, -0.25) is 14.2 Å². The number of nitrogens with one attached hydrogen (secondary N) is 3. The molecule has 0 radical (unpaired) electrons. The van der Waals surface area contributed by atoms with E-state index in [1.54, 1.807) is 43.6 Å². The van der Waals surface area contributed by atoms with Crippen molar-refractivity contribution in [2.75, 3.05) is 26.8 Å². The van der Waals surface area contributed by atoms with Crippen LogP contribution in [0.5, 0.6) is 5.88 Å². The van der Waals surface area contributed by atoms with Gasteiger partial charge in [0.05, 0.1) is 41.6 Å². The van der Waals surface area contributed by atoms with Gasteiger partial charge in [-0.1, -0.05) is 59.6 Å². The number of benzene rings is 2. The molecule has 1 unspecified atom stereocenters. The number of fused-ring (bicyclic) bond motifs is 1. The molecule has 1 aliphatic heterocycles. The molecule has 1 aliphatic rings. The first-order valence-electron chi connectivity index (χ1n) is 16.0. The number of carbonyl (C=O) groups is 2. The van der Waals surface area contributed by atoms with Gasteiger partial charge in [0.25, 0.3) is 5.56 Å². The van der Waals surface area contributed by atoms with Crippen molar-refractivity contribution < 1.29 is 28.6 Å². The summed E-state index contributed by atoms with van der Waals surface area (Å²) in [6, 6.07) is 13.4. The molecule has 266 valence electrons. The lowest BCUT2D eigenvalue weighted by molar-refractivity contribution is -0.119. The van der Waals surface area contributed by atoms with Gasteiger partial charge in [0, 0.05) is 72.7 Å². The van der Waals surface area contributed by atoms with Crippen molar-refractivity contribution in [3.63, 3.8) is 0 Å². The summed E-state index contributed by atoms with van der Waals surface area (Å²) in [6.45, 7) is 0.360. The van der Waals surface area contributed by atoms with E-state index in [0.29, 0.717) is 70.1 Å². The molecule has 2 amide bonds. The lowest BCUT2D eigenvalue weighted by Crippen LogP contribution is -2.38. The van der Waals surface area contributed by atoms with Crippen LogP contribution in [0, 0.1) is 5.82 Å². The number of aliphatic hydroxyl groups excluding tert-OH is 1. The lowest BCUT2D eigenvalue weighted by atomic mass is 9.97. The van der Waals surface area contributed by atoms with Crippen LogP contribution < -0.4 is 26.2 Å². The number of rotatable bonds is 12. The molecule has 0 aliphatic carbocycles. The SMILES string of the molecule is COc1nc(-c2cccc(-c3cccc(-c4cc5c(=O)n(C)c(CNCCO)nn5c4)c3Cl)c2Cl)cc(F)c1COC(=O)NCC1CCC(=O)N1. The number of halogens is 3. The molecule has 16 heteroatoms. The molecule has 5 aromatic rings. The molecule has 0 spiro atoms. The van der Waals surface area contributed by atoms with Crippen molar-refractivity contribution in [3.8, 4) is 39.4 Å². The molecule has 4 N–H and O–H groups in total. The molecule has 0 saturated carbocycles. The van der Waals surface area contributed by atoms with Gasteiger partial charge in [0.15, 0.2) is 0 Å². The third-order valence-corrected chi connectivity index (χ3v) is 9.35. The van der Waals surface area contributed by atoms with Gasteiger partial charge < -0.3 is 30.5 Å². The summed E-state index contributed by atoms with van der Waals surface area (Å²) in [5.74, 6) is -0.393. The number of alkyl carbamates (subject to hydrolysis) is 1. The summed E-state index contributed by atoms with van der Waals surface area (Å²) >= 11 is 14.0. The largest absolute Gasteiger partial charge is 0.481 e. The van der Waals surface area contributed by atoms with Crippen LogP contribution in [0.25, 0.3) is 39.0 Å². The highest BCUT2D eigenvalue weighted by molar-refractivity contribution is 6.39. The summed E-state index contributed by atoms with van der Waals surface area (Å²) in [5.41, 5.74) is 3.07. The maximum atomic E-state index is 15.5. The number of nitrogens with zero attached hydrogens (tertiary/aromatic N) is 4. The van der Waals surface area contributed by atoms with E-state index in [2.05, 4.69) is 26.0 Å². The highest BCUT2D eigenvalue weighted by atomic mass is 35.5. The average Bonchev–Trinajstić information content (AvgIpc) is 3.75. The third kappa shape index (κ3) is 7.54. The maximum Gasteiger partial charge on any atom is 0.407 e. The summed E-state index contributed by atoms with van der Waals surface area (Å²) in [5, 5.41) is 22.6. The molecule has 0 bridgehead atoms. The van der Waals surface area contributed by atoms with Gasteiger partial charge >= 0.3 is 6.09 Å². The summed E-state index contributed by atoms with van der Waals surface area (Å²) < 4.78 is 29.1. The number of hydrogen-bond acceptors (Lipinski definition) is 9. The molecule has 6 rings (SSSR count). The Bertz CT molecular complexity index is 2190. The van der Waals surface area contributed by atoms with Gasteiger partial charge in [-0.05, 0) is 12.5 Å². The van der Waals surface area contributed by atoms with Crippen LogP contribution in [0.3, 0.4) is 0 Å². The molecule has 4 heterocycles. The van der Waals surface area contributed by atoms with E-state index < -0.39 is 18.5 Å². The predicted octanol–water partition coefficient (Wildman–Crippen LogP) is 4.47. The normalized spacial score (nSPS) is 14.2. The molecule has 3 aromatic heterocycles. The Kier molecular flexibility index (Phi) is 10.9. The van der Waals surface area contributed by atoms with Gasteiger partial charge in [0.2, 0.25) is 11.8 Å². The van der Waals surface area contributed by atoms with Crippen LogP contribution in [0.1, 0.15) is 24.2 Å². The zero-order valence-corrected chi connectivity index (χ0v) is 29.1. The van der Waals surface area contributed by atoms with Crippen molar-refractivity contribution in [2.24, 2.45) is 7.05 Å². The number of hydrogen-bond donors (Lipinski definition) is 4. The fourth-order valence-corrected chi connectivity index (χ4v) is 6.50. The molecule has 1 saturated heterocycles. The van der Waals surface area contributed by atoms with Crippen LogP contribution in [0.15, 0.2) is 59.5 Å². The highest BCUT2D eigenvalue weighted by Gasteiger charge is 2.23. The van der Waals surface area contributed by atoms with Crippen molar-refractivity contribution in [1.82, 2.24) is 35.1 Å². The van der Waals surface area contributed by atoms with Crippen LogP contribution >= 0.6 is 23.2 Å². The Hall–Kier alpha value is -5.02. The Morgan fingerprint density at radius 2 is 1.80 bits per heavy atom. The van der Waals surface area contributed by atoms with Gasteiger partial charge in [-0.25, -0.2) is 18.7 Å². The first-order valence-corrected chi connectivity index (χ1v) is 16.8. The minimum absolute atomic E-state index is 0.0400. The maximum absolute atomic E-state index is 15.5. The van der Waals surface area contributed by atoms with Crippen molar-refractivity contribution in [1.29, 1.82) is 0 Å². The number of amides is 2. The smallest absolute Gasteiger partial charge is 0.407 e. The Morgan fingerprint density at radius 1 is 1.10 bits per heavy atom. The number of methoxy groups -OCH3 is 1. The second kappa shape index (κ2) is 15.5. The second-order valence-corrected chi connectivity index (χ2v) is 12.6. The van der Waals surface area contributed by atoms with E-state index >= 15 is 4.39 Å². The van der Waals surface area contributed by atoms with E-state index in [-0.39, 0.29) is 52.8 Å². The molecular formula is C35H34Cl2FN7O6. The summed E-state index contributed by atoms with van der Waals surface area (Å²) in [7, 11) is 2.96. The average molecular weight is 739 g/mol. The fourth-order valence-electron chi connectivity index (χ4n) is 5.84. The zero-order chi connectivity index (χ0) is 36.2. The van der Waals surface area contributed by atoms with Gasteiger partial charge in [-0.2, -0.15) is 5.10 Å². The first-order chi connectivity index (χ1) is 24.6. The van der Waals surface area contributed by atoms with Crippen LogP contribution in [-0.2, 0) is 29.7 Å². The third-order valence-electron chi connectivity index (χ3n) is 8.53. The summed E-state index contributed by atoms with van der Waals surface area (Å²) in [4.78, 5) is 41.3. The minimum Gasteiger partial charge on any atom is -0.481 e. The number of aromatic nitrogens is 4. The minimum atomic E-state index is -0.778. The summed E-state index contributed by atoms with van der Waals surface area (Å²) in [6.07, 6.45) is 1.94. The van der Waals surface area contributed by atoms with Crippen molar-refractivity contribution in [2.45, 2.75) is 32.0 Å². The predicted molar refractivity (Wildman–Crippen MR) is 189 cm³/mol. The molecule has 13 nitrogen and oxygen atoms in total. The van der Waals surface area contributed by atoms with E-state index in [9.17, 15) is 14.4 Å². The number of aliphatic hydroxyl groups is 1. The molecule has 2 aromatic carbocycles. The Labute approximate surface area is 301 Å². The van der Waals surface area contributed by atoms with Crippen molar-refractivity contribution >= 4 is 40.7 Å². The van der Waals surface area contributed by atoms with E-state index in [4.69, 9.17) is 37.8 Å². The molecule has 1 fully saturated rings. The first kappa shape index (κ1) is 35.8. The Balaban J connectivity index is 1.26. The number of pyridine rings is 1. The highest BCUT2D eigenvalue weighted by Crippen LogP contribution is 2.42. The second-order valence-electron chi connectivity index (χ2n) is 11.8. The number of ether oxygens (including phenoxy) is 2. The topological polar surface area (TPSA) is 161 Å². The van der Waals surface area contributed by atoms with E-state index in [0.717, 1.165) is 0 Å². The molecule has 51 heavy (non-hydrogen) atoms. The van der Waals surface area contributed by atoms with E-state index in [1.165, 1.54) is 22.3 Å². The van der Waals surface area contributed by atoms with Gasteiger partial charge in [-0.15, -0.1) is 0 Å². The fraction of sp³-hybridized carbons (Fsp3) is 0.286. The van der Waals surface area contributed by atoms with Crippen LogP contribution in [0.4, 0.5) is 9.18 Å². The molecule has 1 atom stereocenters. The van der Waals surface area contributed by atoms with E-state index in [1.807, 2.05) is 12.1 Å². The molecular weight excluding hydrogens is 704 g/mol. The Morgan fingerprint density at radius 3 is 2.49 bits per heavy atom. The van der Waals surface area contributed by atoms with Gasteiger partial charge in [0.1, 0.15) is 23.8 Å². The standard InChI is InChI=1S/C35H34Cl2FN7O6/c1-44-29(16-39-11-12-46)43-45-17-19(13-28(45)34(44)48)21-5-3-6-22(31(21)36)23-7-4-8-24(32(23)37)27-14-26(38)25(33(42-27)50-2)18-51-35(49)40-15-20-9-10-30(47)41-20/h3-8,13-14,17,20,39,46H,9-12,15-16,18H2,1-2H3,(H,40,49)(H,41,47). The van der Waals surface area contributed by atoms with Crippen LogP contribution in [-0.4, -0.2) is 69.1 Å². The lowest BCUT2D eigenvalue weighted by Gasteiger charge is -2.15. The number of carbonyl (C=O) groups excluding carboxylic acids is 2. The zero-order valence-electron chi connectivity index (χ0n) is 27.6.